The molecule has 0 saturated carbocycles. The van der Waals surface area contributed by atoms with E-state index >= 15 is 0 Å². The van der Waals surface area contributed by atoms with Gasteiger partial charge < -0.3 is 5.73 Å². The Balaban J connectivity index is 3.55. The summed E-state index contributed by atoms with van der Waals surface area (Å²) >= 11 is 0. The maximum atomic E-state index is 5.38. The highest BCUT2D eigenvalue weighted by Gasteiger charge is 2.09. The Morgan fingerprint density at radius 1 is 1.50 bits per heavy atom. The normalized spacial score (nSPS) is 11.4. The van der Waals surface area contributed by atoms with Gasteiger partial charge in [-0.1, -0.05) is 27.4 Å². The first-order valence-electron chi connectivity index (χ1n) is 2.85. The summed E-state index contributed by atoms with van der Waals surface area (Å²) in [5, 5.41) is 0. The number of rotatable bonds is 1. The minimum absolute atomic E-state index is 0.297. The van der Waals surface area contributed by atoms with Crippen LogP contribution in [0.3, 0.4) is 0 Å². The predicted molar refractivity (Wildman–Crippen MR) is 37.4 cm³/mol. The molecular formula is C7H15N. The fraction of sp³-hybridized carbons (Fsp3) is 0.714. The van der Waals surface area contributed by atoms with Crippen LogP contribution in [0.15, 0.2) is 12.3 Å². The number of nitrogens with two attached hydrogens (primary N) is 1. The van der Waals surface area contributed by atoms with Crippen molar-refractivity contribution < 1.29 is 0 Å². The summed E-state index contributed by atoms with van der Waals surface area (Å²) in [6, 6.07) is 0. The summed E-state index contributed by atoms with van der Waals surface area (Å²) < 4.78 is 0. The average molecular weight is 113 g/mol. The number of hydrogen-bond donors (Lipinski definition) is 1. The van der Waals surface area contributed by atoms with Crippen molar-refractivity contribution in [2.24, 2.45) is 11.1 Å². The molecule has 0 aromatic carbocycles. The SMILES string of the molecule is C=C(N)CC(C)(C)C. The third-order valence-corrected chi connectivity index (χ3v) is 0.757. The third-order valence-electron chi connectivity index (χ3n) is 0.757. The second kappa shape index (κ2) is 2.21. The van der Waals surface area contributed by atoms with E-state index in [0.29, 0.717) is 5.41 Å². The van der Waals surface area contributed by atoms with Crippen LogP contribution >= 0.6 is 0 Å². The Morgan fingerprint density at radius 3 is 1.88 bits per heavy atom. The van der Waals surface area contributed by atoms with Crippen LogP contribution in [0.25, 0.3) is 0 Å². The van der Waals surface area contributed by atoms with E-state index < -0.39 is 0 Å². The van der Waals surface area contributed by atoms with Gasteiger partial charge in [-0.15, -0.1) is 0 Å². The lowest BCUT2D eigenvalue weighted by atomic mass is 9.91. The van der Waals surface area contributed by atoms with Gasteiger partial charge in [-0.25, -0.2) is 0 Å². The summed E-state index contributed by atoms with van der Waals surface area (Å²) in [5.41, 5.74) is 6.46. The van der Waals surface area contributed by atoms with E-state index in [1.165, 1.54) is 0 Å². The zero-order chi connectivity index (χ0) is 6.78. The zero-order valence-electron chi connectivity index (χ0n) is 5.99. The summed E-state index contributed by atoms with van der Waals surface area (Å²) in [4.78, 5) is 0. The minimum atomic E-state index is 0.297. The molecule has 0 rings (SSSR count). The van der Waals surface area contributed by atoms with E-state index in [4.69, 9.17) is 5.73 Å². The standard InChI is InChI=1S/C7H15N/c1-6(8)5-7(2,3)4/h1,5,8H2,2-4H3. The molecule has 0 aliphatic carbocycles. The lowest BCUT2D eigenvalue weighted by Crippen LogP contribution is -2.09. The second-order valence-corrected chi connectivity index (χ2v) is 3.40. The highest BCUT2D eigenvalue weighted by Crippen LogP contribution is 2.20. The molecule has 0 aromatic rings. The van der Waals surface area contributed by atoms with Gasteiger partial charge in [0.25, 0.3) is 0 Å². The fourth-order valence-corrected chi connectivity index (χ4v) is 0.681. The van der Waals surface area contributed by atoms with E-state index in [-0.39, 0.29) is 0 Å². The van der Waals surface area contributed by atoms with Crippen molar-refractivity contribution in [3.63, 3.8) is 0 Å². The zero-order valence-corrected chi connectivity index (χ0v) is 5.99. The molecule has 0 aromatic heterocycles. The molecule has 8 heavy (non-hydrogen) atoms. The molecule has 0 heterocycles. The maximum absolute atomic E-state index is 5.38. The smallest absolute Gasteiger partial charge is 0.00127 e. The van der Waals surface area contributed by atoms with Crippen molar-refractivity contribution in [1.29, 1.82) is 0 Å². The maximum Gasteiger partial charge on any atom is 0.00127 e. The third kappa shape index (κ3) is 5.54. The Morgan fingerprint density at radius 2 is 1.88 bits per heavy atom. The van der Waals surface area contributed by atoms with Gasteiger partial charge in [0.2, 0.25) is 0 Å². The summed E-state index contributed by atoms with van der Waals surface area (Å²) in [6.07, 6.45) is 0.910. The molecular weight excluding hydrogens is 98.1 g/mol. The van der Waals surface area contributed by atoms with Crippen LogP contribution in [-0.4, -0.2) is 0 Å². The van der Waals surface area contributed by atoms with Gasteiger partial charge in [-0.3, -0.25) is 0 Å². The van der Waals surface area contributed by atoms with Gasteiger partial charge >= 0.3 is 0 Å². The predicted octanol–water partition coefficient (Wildman–Crippen LogP) is 1.90. The van der Waals surface area contributed by atoms with E-state index in [9.17, 15) is 0 Å². The minimum Gasteiger partial charge on any atom is -0.402 e. The Bertz CT molecular complexity index is 87.1. The van der Waals surface area contributed by atoms with Crippen molar-refractivity contribution in [1.82, 2.24) is 0 Å². The van der Waals surface area contributed by atoms with Gasteiger partial charge in [0.1, 0.15) is 0 Å². The van der Waals surface area contributed by atoms with Crippen LogP contribution in [0.5, 0.6) is 0 Å². The molecule has 1 heteroatoms. The molecule has 0 spiro atoms. The van der Waals surface area contributed by atoms with Crippen molar-refractivity contribution in [2.45, 2.75) is 27.2 Å². The van der Waals surface area contributed by atoms with Crippen LogP contribution in [0.1, 0.15) is 27.2 Å². The molecule has 0 aliphatic rings. The van der Waals surface area contributed by atoms with Crippen LogP contribution < -0.4 is 5.73 Å². The topological polar surface area (TPSA) is 26.0 Å². The lowest BCUT2D eigenvalue weighted by Gasteiger charge is -2.16. The van der Waals surface area contributed by atoms with Crippen LogP contribution in [-0.2, 0) is 0 Å². The first-order valence-corrected chi connectivity index (χ1v) is 2.85. The molecule has 0 fully saturated rings. The monoisotopic (exact) mass is 113 g/mol. The van der Waals surface area contributed by atoms with Gasteiger partial charge in [-0.05, 0) is 11.8 Å². The number of hydrogen-bond acceptors (Lipinski definition) is 1. The molecule has 0 unspecified atom stereocenters. The molecule has 0 amide bonds. The van der Waals surface area contributed by atoms with Crippen LogP contribution in [0.4, 0.5) is 0 Å². The van der Waals surface area contributed by atoms with Crippen molar-refractivity contribution in [3.8, 4) is 0 Å². The quantitative estimate of drug-likeness (QED) is 0.552. The van der Waals surface area contributed by atoms with Crippen molar-refractivity contribution >= 4 is 0 Å². The molecule has 48 valence electrons. The van der Waals surface area contributed by atoms with Gasteiger partial charge in [0.15, 0.2) is 0 Å². The molecule has 1 nitrogen and oxygen atoms in total. The first kappa shape index (κ1) is 7.54. The Hall–Kier alpha value is -0.460. The fourth-order valence-electron chi connectivity index (χ4n) is 0.681. The van der Waals surface area contributed by atoms with Crippen molar-refractivity contribution in [2.75, 3.05) is 0 Å². The number of allylic oxidation sites excluding steroid dienone is 1. The summed E-state index contributed by atoms with van der Waals surface area (Å²) in [6.45, 7) is 10.0. The Labute approximate surface area is 51.6 Å². The van der Waals surface area contributed by atoms with E-state index in [2.05, 4.69) is 27.4 Å². The van der Waals surface area contributed by atoms with Gasteiger partial charge in [0, 0.05) is 5.70 Å². The first-order chi connectivity index (χ1) is 3.42. The molecule has 0 radical (unpaired) electrons. The van der Waals surface area contributed by atoms with Crippen molar-refractivity contribution in [3.05, 3.63) is 12.3 Å². The molecule has 0 bridgehead atoms. The highest BCUT2D eigenvalue weighted by atomic mass is 14.6. The molecule has 2 N–H and O–H groups in total. The molecule has 0 aliphatic heterocycles. The van der Waals surface area contributed by atoms with E-state index in [1.807, 2.05) is 0 Å². The summed E-state index contributed by atoms with van der Waals surface area (Å²) in [5.74, 6) is 0. The second-order valence-electron chi connectivity index (χ2n) is 3.40. The highest BCUT2D eigenvalue weighted by molar-refractivity contribution is 4.90. The Kier molecular flexibility index (Phi) is 2.08. The van der Waals surface area contributed by atoms with E-state index in [1.54, 1.807) is 0 Å². The van der Waals surface area contributed by atoms with Crippen LogP contribution in [0, 0.1) is 5.41 Å². The lowest BCUT2D eigenvalue weighted by molar-refractivity contribution is 0.408. The van der Waals surface area contributed by atoms with E-state index in [0.717, 1.165) is 12.1 Å². The molecule has 0 atom stereocenters. The summed E-state index contributed by atoms with van der Waals surface area (Å²) in [7, 11) is 0. The van der Waals surface area contributed by atoms with Gasteiger partial charge in [0.05, 0.1) is 0 Å². The molecule has 0 saturated heterocycles. The van der Waals surface area contributed by atoms with Crippen LogP contribution in [0.2, 0.25) is 0 Å². The van der Waals surface area contributed by atoms with Gasteiger partial charge in [-0.2, -0.15) is 0 Å². The largest absolute Gasteiger partial charge is 0.402 e. The average Bonchev–Trinajstić information content (AvgIpc) is 1.21.